The van der Waals surface area contributed by atoms with Crippen LogP contribution in [0.4, 0.5) is 0 Å². The van der Waals surface area contributed by atoms with Crippen LogP contribution < -0.4 is 5.73 Å². The molecule has 0 saturated carbocycles. The topological polar surface area (TPSA) is 48.1 Å². The minimum Gasteiger partial charge on any atom is -0.372 e. The van der Waals surface area contributed by atoms with Gasteiger partial charge in [0.2, 0.25) is 0 Å². The van der Waals surface area contributed by atoms with Gasteiger partial charge in [-0.15, -0.1) is 0 Å². The highest BCUT2D eigenvalue weighted by Gasteiger charge is 2.19. The second kappa shape index (κ2) is 4.88. The van der Waals surface area contributed by atoms with Gasteiger partial charge in [0, 0.05) is 18.9 Å². The van der Waals surface area contributed by atoms with Crippen LogP contribution in [0.5, 0.6) is 0 Å². The lowest BCUT2D eigenvalue weighted by Gasteiger charge is -2.25. The molecule has 0 spiro atoms. The van der Waals surface area contributed by atoms with Gasteiger partial charge < -0.3 is 10.5 Å². The maximum absolute atomic E-state index is 5.77. The van der Waals surface area contributed by atoms with Gasteiger partial charge in [-0.05, 0) is 40.8 Å². The number of hydrogen-bond donors (Lipinski definition) is 1. The predicted octanol–water partition coefficient (Wildman–Crippen LogP) is 2.32. The number of fused-ring (bicyclic) bond motifs is 1. The molecule has 0 fully saturated rings. The van der Waals surface area contributed by atoms with Crippen LogP contribution in [0.25, 0.3) is 11.1 Å². The molecule has 0 bridgehead atoms. The summed E-state index contributed by atoms with van der Waals surface area (Å²) in [4.78, 5) is 4.16. The van der Waals surface area contributed by atoms with E-state index in [1.165, 1.54) is 16.7 Å². The van der Waals surface area contributed by atoms with Crippen LogP contribution >= 0.6 is 0 Å². The first-order valence-corrected chi connectivity index (χ1v) is 6.23. The number of aromatic nitrogens is 1. The van der Waals surface area contributed by atoms with Crippen molar-refractivity contribution in [3.05, 3.63) is 53.9 Å². The van der Waals surface area contributed by atoms with Crippen LogP contribution in [0, 0.1) is 0 Å². The van der Waals surface area contributed by atoms with Gasteiger partial charge in [0.25, 0.3) is 0 Å². The fraction of sp³-hybridized carbons (Fsp3) is 0.267. The summed E-state index contributed by atoms with van der Waals surface area (Å²) in [5.74, 6) is 0. The van der Waals surface area contributed by atoms with E-state index in [9.17, 15) is 0 Å². The van der Waals surface area contributed by atoms with Crippen molar-refractivity contribution in [2.45, 2.75) is 12.5 Å². The summed E-state index contributed by atoms with van der Waals surface area (Å²) in [6.07, 6.45) is 4.67. The maximum atomic E-state index is 5.77. The summed E-state index contributed by atoms with van der Waals surface area (Å²) in [5.41, 5.74) is 10.6. The van der Waals surface area contributed by atoms with Crippen LogP contribution in [0.2, 0.25) is 0 Å². The third-order valence-electron chi connectivity index (χ3n) is 3.39. The number of pyridine rings is 1. The summed E-state index contributed by atoms with van der Waals surface area (Å²) >= 11 is 0. The van der Waals surface area contributed by atoms with E-state index in [-0.39, 0.29) is 6.10 Å². The average molecular weight is 240 g/mol. The zero-order chi connectivity index (χ0) is 12.4. The van der Waals surface area contributed by atoms with Gasteiger partial charge in [0.05, 0.1) is 12.7 Å². The largest absolute Gasteiger partial charge is 0.372 e. The fourth-order valence-electron chi connectivity index (χ4n) is 2.43. The molecule has 1 aliphatic heterocycles. The molecule has 92 valence electrons. The lowest BCUT2D eigenvalue weighted by molar-refractivity contribution is 0.0485. The number of nitrogens with zero attached hydrogens (tertiary/aromatic N) is 1. The summed E-state index contributed by atoms with van der Waals surface area (Å²) < 4.78 is 5.70. The maximum Gasteiger partial charge on any atom is 0.0950 e. The van der Waals surface area contributed by atoms with Gasteiger partial charge in [0.1, 0.15) is 0 Å². The van der Waals surface area contributed by atoms with Gasteiger partial charge in [-0.25, -0.2) is 0 Å². The monoisotopic (exact) mass is 240 g/mol. The molecular weight excluding hydrogens is 224 g/mol. The third kappa shape index (κ3) is 2.03. The molecule has 0 amide bonds. The standard InChI is InChI=1S/C15H16N2O/c16-9-15-14-8-12(13-2-1-6-17-10-13)4-3-11(14)5-7-18-15/h1-4,6,8,10,15H,5,7,9,16H2. The molecule has 1 aromatic carbocycles. The molecule has 0 radical (unpaired) electrons. The fourth-order valence-corrected chi connectivity index (χ4v) is 2.43. The summed E-state index contributed by atoms with van der Waals surface area (Å²) in [6, 6.07) is 10.5. The number of hydrogen-bond acceptors (Lipinski definition) is 3. The van der Waals surface area contributed by atoms with E-state index in [2.05, 4.69) is 29.2 Å². The van der Waals surface area contributed by atoms with E-state index >= 15 is 0 Å². The Hall–Kier alpha value is -1.71. The van der Waals surface area contributed by atoms with Gasteiger partial charge in [0.15, 0.2) is 0 Å². The van der Waals surface area contributed by atoms with Gasteiger partial charge in [-0.3, -0.25) is 4.98 Å². The molecule has 2 aromatic rings. The lowest BCUT2D eigenvalue weighted by atomic mass is 9.93. The van der Waals surface area contributed by atoms with E-state index in [0.29, 0.717) is 6.54 Å². The third-order valence-corrected chi connectivity index (χ3v) is 3.39. The first kappa shape index (κ1) is 11.4. The SMILES string of the molecule is NCC1OCCc2ccc(-c3cccnc3)cc21. The van der Waals surface area contributed by atoms with Crippen LogP contribution in [0.15, 0.2) is 42.7 Å². The van der Waals surface area contributed by atoms with Crippen LogP contribution in [-0.4, -0.2) is 18.1 Å². The van der Waals surface area contributed by atoms with E-state index in [1.54, 1.807) is 6.20 Å². The molecule has 18 heavy (non-hydrogen) atoms. The van der Waals surface area contributed by atoms with E-state index < -0.39 is 0 Å². The second-order valence-electron chi connectivity index (χ2n) is 4.50. The molecule has 1 unspecified atom stereocenters. The van der Waals surface area contributed by atoms with Gasteiger partial charge in [-0.1, -0.05) is 18.2 Å². The molecule has 1 aliphatic rings. The van der Waals surface area contributed by atoms with Crippen molar-refractivity contribution in [1.29, 1.82) is 0 Å². The van der Waals surface area contributed by atoms with Crippen LogP contribution in [0.3, 0.4) is 0 Å². The van der Waals surface area contributed by atoms with Crippen molar-refractivity contribution < 1.29 is 4.74 Å². The van der Waals surface area contributed by atoms with E-state index in [0.717, 1.165) is 18.6 Å². The number of ether oxygens (including phenoxy) is 1. The Bertz CT molecular complexity index is 539. The first-order chi connectivity index (χ1) is 8.88. The molecule has 3 nitrogen and oxygen atoms in total. The summed E-state index contributed by atoms with van der Waals surface area (Å²) in [7, 11) is 0. The zero-order valence-corrected chi connectivity index (χ0v) is 10.2. The van der Waals surface area contributed by atoms with Crippen molar-refractivity contribution >= 4 is 0 Å². The highest BCUT2D eigenvalue weighted by molar-refractivity contribution is 5.64. The first-order valence-electron chi connectivity index (χ1n) is 6.23. The molecular formula is C15H16N2O. The Morgan fingerprint density at radius 1 is 1.28 bits per heavy atom. The van der Waals surface area contributed by atoms with Crippen molar-refractivity contribution in [2.24, 2.45) is 5.73 Å². The second-order valence-corrected chi connectivity index (χ2v) is 4.50. The molecule has 2 heterocycles. The average Bonchev–Trinajstić information content (AvgIpc) is 2.47. The molecule has 3 rings (SSSR count). The Kier molecular flexibility index (Phi) is 3.09. The van der Waals surface area contributed by atoms with Crippen molar-refractivity contribution in [1.82, 2.24) is 4.98 Å². The van der Waals surface area contributed by atoms with Crippen molar-refractivity contribution in [2.75, 3.05) is 13.2 Å². The van der Waals surface area contributed by atoms with Gasteiger partial charge >= 0.3 is 0 Å². The van der Waals surface area contributed by atoms with Crippen molar-refractivity contribution in [3.63, 3.8) is 0 Å². The highest BCUT2D eigenvalue weighted by Crippen LogP contribution is 2.30. The molecule has 0 saturated heterocycles. The number of nitrogens with two attached hydrogens (primary N) is 1. The molecule has 2 N–H and O–H groups in total. The minimum atomic E-state index is 0.0328. The predicted molar refractivity (Wildman–Crippen MR) is 71.1 cm³/mol. The lowest BCUT2D eigenvalue weighted by Crippen LogP contribution is -2.23. The quantitative estimate of drug-likeness (QED) is 0.876. The van der Waals surface area contributed by atoms with Gasteiger partial charge in [-0.2, -0.15) is 0 Å². The number of benzene rings is 1. The Labute approximate surface area is 107 Å². The van der Waals surface area contributed by atoms with E-state index in [4.69, 9.17) is 10.5 Å². The van der Waals surface area contributed by atoms with Crippen LogP contribution in [0.1, 0.15) is 17.2 Å². The normalized spacial score (nSPS) is 18.4. The molecule has 0 aliphatic carbocycles. The van der Waals surface area contributed by atoms with E-state index in [1.807, 2.05) is 12.3 Å². The Balaban J connectivity index is 2.04. The summed E-state index contributed by atoms with van der Waals surface area (Å²) in [5, 5.41) is 0. The number of rotatable bonds is 2. The summed E-state index contributed by atoms with van der Waals surface area (Å²) in [6.45, 7) is 1.30. The molecule has 1 aromatic heterocycles. The highest BCUT2D eigenvalue weighted by atomic mass is 16.5. The van der Waals surface area contributed by atoms with Crippen LogP contribution in [-0.2, 0) is 11.2 Å². The Morgan fingerprint density at radius 3 is 3.00 bits per heavy atom. The van der Waals surface area contributed by atoms with Crippen molar-refractivity contribution in [3.8, 4) is 11.1 Å². The molecule has 1 atom stereocenters. The molecule has 3 heteroatoms. The Morgan fingerprint density at radius 2 is 2.22 bits per heavy atom. The smallest absolute Gasteiger partial charge is 0.0950 e. The minimum absolute atomic E-state index is 0.0328. The zero-order valence-electron chi connectivity index (χ0n) is 10.2.